The Bertz CT molecular complexity index is 2890. The smallest absolute Gasteiger partial charge is 0.256 e. The molecule has 0 radical (unpaired) electrons. The third-order valence-corrected chi connectivity index (χ3v) is 11.9. The predicted molar refractivity (Wildman–Crippen MR) is 207 cm³/mol. The Kier molecular flexibility index (Phi) is 4.41. The maximum Gasteiger partial charge on any atom is 0.256 e. The third-order valence-electron chi connectivity index (χ3n) is 11.9. The summed E-state index contributed by atoms with van der Waals surface area (Å²) in [6.07, 6.45) is 0. The molecule has 0 atom stereocenters. The van der Waals surface area contributed by atoms with E-state index in [-0.39, 0.29) is 13.4 Å². The van der Waals surface area contributed by atoms with Gasteiger partial charge in [0.25, 0.3) is 13.4 Å². The summed E-state index contributed by atoms with van der Waals surface area (Å²) in [5.41, 5.74) is 17.6. The average Bonchev–Trinajstić information content (AvgIpc) is 3.64. The van der Waals surface area contributed by atoms with Gasteiger partial charge in [-0.2, -0.15) is 0 Å². The lowest BCUT2D eigenvalue weighted by Gasteiger charge is -2.33. The molecule has 0 saturated carbocycles. The number of rotatable bonds is 0. The Hall–Kier alpha value is -6.13. The zero-order valence-corrected chi connectivity index (χ0v) is 27.4. The SMILES string of the molecule is Cc1ccc2c(c1)B1c3c(cccc3-n3c4cc5c(cc4c4cccc1c43)c1cccc3c1n5-c1cccc4c1B3c1cc(C)ccc1O4)O2. The van der Waals surface area contributed by atoms with Crippen LogP contribution in [0.4, 0.5) is 0 Å². The number of fused-ring (bicyclic) bond motifs is 14. The van der Waals surface area contributed by atoms with Gasteiger partial charge in [0.1, 0.15) is 23.0 Å². The van der Waals surface area contributed by atoms with Crippen LogP contribution >= 0.6 is 0 Å². The highest BCUT2D eigenvalue weighted by atomic mass is 16.5. The maximum absolute atomic E-state index is 6.63. The Labute approximate surface area is 288 Å². The lowest BCUT2D eigenvalue weighted by molar-refractivity contribution is 0.487. The van der Waals surface area contributed by atoms with Gasteiger partial charge >= 0.3 is 0 Å². The Morgan fingerprint density at radius 3 is 1.40 bits per heavy atom. The van der Waals surface area contributed by atoms with Gasteiger partial charge in [0.2, 0.25) is 0 Å². The average molecular weight is 636 g/mol. The van der Waals surface area contributed by atoms with E-state index in [0.29, 0.717) is 0 Å². The summed E-state index contributed by atoms with van der Waals surface area (Å²) in [5, 5.41) is 5.14. The van der Waals surface area contributed by atoms with Crippen LogP contribution in [-0.4, -0.2) is 22.6 Å². The minimum absolute atomic E-state index is 0.113. The fourth-order valence-corrected chi connectivity index (χ4v) is 10.0. The second kappa shape index (κ2) is 8.53. The molecule has 0 N–H and O–H groups in total. The molecule has 2 aromatic heterocycles. The molecule has 50 heavy (non-hydrogen) atoms. The maximum atomic E-state index is 6.63. The monoisotopic (exact) mass is 636 g/mol. The van der Waals surface area contributed by atoms with E-state index in [1.807, 2.05) is 0 Å². The van der Waals surface area contributed by atoms with Crippen molar-refractivity contribution in [3.63, 3.8) is 0 Å². The van der Waals surface area contributed by atoms with Crippen LogP contribution < -0.4 is 42.3 Å². The number of ether oxygens (including phenoxy) is 2. The minimum atomic E-state index is 0.113. The van der Waals surface area contributed by atoms with Crippen molar-refractivity contribution in [1.29, 1.82) is 0 Å². The standard InChI is InChI=1S/C44H26B2N2O2/c1-23-15-17-37-31(19-23)45-29-9-3-7-25-27-21-28-26-8-4-10-30-44(26)48(34-12-6-14-40-42(34)46(30)32-20-24(2)16-18-38(32)50-40)36(28)22-35(27)47(43(25)29)33-11-5-13-39(49-37)41(33)45/h3-22H,1-2H3. The van der Waals surface area contributed by atoms with E-state index < -0.39 is 0 Å². The first-order valence-corrected chi connectivity index (χ1v) is 17.5. The molecule has 6 heteroatoms. The molecule has 4 aliphatic rings. The Morgan fingerprint density at radius 1 is 0.420 bits per heavy atom. The zero-order valence-electron chi connectivity index (χ0n) is 27.4. The fraction of sp³-hybridized carbons (Fsp3) is 0.0455. The van der Waals surface area contributed by atoms with Gasteiger partial charge in [-0.3, -0.25) is 0 Å². The number of benzene rings is 7. The van der Waals surface area contributed by atoms with Gasteiger partial charge in [0, 0.05) is 44.0 Å². The molecule has 0 fully saturated rings. The van der Waals surface area contributed by atoms with Crippen molar-refractivity contribution in [1.82, 2.24) is 9.13 Å². The van der Waals surface area contributed by atoms with E-state index in [0.717, 1.165) is 23.0 Å². The van der Waals surface area contributed by atoms with Crippen LogP contribution in [0, 0.1) is 13.8 Å². The van der Waals surface area contributed by atoms with Gasteiger partial charge in [-0.05, 0) is 95.2 Å². The summed E-state index contributed by atoms with van der Waals surface area (Å²) >= 11 is 0. The van der Waals surface area contributed by atoms with E-state index in [1.54, 1.807) is 0 Å². The van der Waals surface area contributed by atoms with Crippen molar-refractivity contribution in [3.05, 3.63) is 132 Å². The number of nitrogens with zero attached hydrogens (tertiary/aromatic N) is 2. The molecule has 13 rings (SSSR count). The van der Waals surface area contributed by atoms with Crippen molar-refractivity contribution in [2.45, 2.75) is 13.8 Å². The van der Waals surface area contributed by atoms with E-state index >= 15 is 0 Å². The molecule has 0 aliphatic carbocycles. The van der Waals surface area contributed by atoms with Crippen LogP contribution in [0.25, 0.3) is 55.0 Å². The molecule has 0 bridgehead atoms. The predicted octanol–water partition coefficient (Wildman–Crippen LogP) is 6.37. The molecule has 4 aliphatic heterocycles. The van der Waals surface area contributed by atoms with Crippen LogP contribution in [0.5, 0.6) is 23.0 Å². The van der Waals surface area contributed by atoms with Gasteiger partial charge in [0.15, 0.2) is 0 Å². The highest BCUT2D eigenvalue weighted by Crippen LogP contribution is 2.43. The molecule has 4 nitrogen and oxygen atoms in total. The molecule has 7 aromatic carbocycles. The lowest BCUT2D eigenvalue weighted by atomic mass is 9.34. The van der Waals surface area contributed by atoms with Gasteiger partial charge in [-0.25, -0.2) is 0 Å². The highest BCUT2D eigenvalue weighted by Gasteiger charge is 2.42. The van der Waals surface area contributed by atoms with Crippen LogP contribution in [0.1, 0.15) is 11.1 Å². The first-order valence-electron chi connectivity index (χ1n) is 17.5. The van der Waals surface area contributed by atoms with Crippen molar-refractivity contribution in [2.75, 3.05) is 0 Å². The largest absolute Gasteiger partial charge is 0.458 e. The molecule has 0 saturated heterocycles. The molecule has 9 aromatic rings. The quantitative estimate of drug-likeness (QED) is 0.181. The molecule has 0 amide bonds. The van der Waals surface area contributed by atoms with Gasteiger partial charge in [0.05, 0.1) is 11.0 Å². The van der Waals surface area contributed by atoms with Crippen LogP contribution in [0.15, 0.2) is 121 Å². The zero-order chi connectivity index (χ0) is 32.6. The first-order chi connectivity index (χ1) is 24.6. The first kappa shape index (κ1) is 25.8. The summed E-state index contributed by atoms with van der Waals surface area (Å²) in [4.78, 5) is 0. The van der Waals surface area contributed by atoms with Crippen molar-refractivity contribution < 1.29 is 9.47 Å². The van der Waals surface area contributed by atoms with Crippen molar-refractivity contribution in [3.8, 4) is 34.4 Å². The van der Waals surface area contributed by atoms with Crippen LogP contribution in [-0.2, 0) is 0 Å². The number of aryl methyl sites for hydroxylation is 2. The number of hydrogen-bond acceptors (Lipinski definition) is 2. The summed E-state index contributed by atoms with van der Waals surface area (Å²) in [6.45, 7) is 4.57. The van der Waals surface area contributed by atoms with Crippen LogP contribution in [0.3, 0.4) is 0 Å². The highest BCUT2D eigenvalue weighted by molar-refractivity contribution is 7.00. The van der Waals surface area contributed by atoms with Gasteiger partial charge < -0.3 is 18.6 Å². The minimum Gasteiger partial charge on any atom is -0.458 e. The normalized spacial score (nSPS) is 14.0. The second-order valence-electron chi connectivity index (χ2n) is 14.6. The number of aromatic nitrogens is 2. The van der Waals surface area contributed by atoms with E-state index in [1.165, 1.54) is 98.9 Å². The Balaban J connectivity index is 1.18. The molecule has 0 unspecified atom stereocenters. The summed E-state index contributed by atoms with van der Waals surface area (Å²) in [7, 11) is 0. The van der Waals surface area contributed by atoms with E-state index in [4.69, 9.17) is 9.47 Å². The molecular weight excluding hydrogens is 610 g/mol. The van der Waals surface area contributed by atoms with E-state index in [9.17, 15) is 0 Å². The summed E-state index contributed by atoms with van der Waals surface area (Å²) in [6, 6.07) is 45.0. The topological polar surface area (TPSA) is 28.3 Å². The fourth-order valence-electron chi connectivity index (χ4n) is 10.0. The lowest BCUT2D eigenvalue weighted by Crippen LogP contribution is -2.58. The van der Waals surface area contributed by atoms with Crippen molar-refractivity contribution >= 4 is 89.8 Å². The number of para-hydroxylation sites is 2. The van der Waals surface area contributed by atoms with E-state index in [2.05, 4.69) is 144 Å². The molecule has 6 heterocycles. The third kappa shape index (κ3) is 2.88. The second-order valence-corrected chi connectivity index (χ2v) is 14.6. The van der Waals surface area contributed by atoms with Gasteiger partial charge in [-0.15, -0.1) is 0 Å². The number of hydrogen-bond donors (Lipinski definition) is 0. The van der Waals surface area contributed by atoms with Gasteiger partial charge in [-0.1, -0.05) is 83.9 Å². The summed E-state index contributed by atoms with van der Waals surface area (Å²) < 4.78 is 18.3. The summed E-state index contributed by atoms with van der Waals surface area (Å²) in [5.74, 6) is 3.80. The Morgan fingerprint density at radius 2 is 0.900 bits per heavy atom. The molecule has 0 spiro atoms. The van der Waals surface area contributed by atoms with Crippen molar-refractivity contribution in [2.24, 2.45) is 0 Å². The molecule has 230 valence electrons. The van der Waals surface area contributed by atoms with Crippen LogP contribution in [0.2, 0.25) is 0 Å². The molecular formula is C44H26B2N2O2.